The molecule has 0 aromatic heterocycles. The lowest BCUT2D eigenvalue weighted by atomic mass is 10.2. The first kappa shape index (κ1) is 13.9. The van der Waals surface area contributed by atoms with Crippen molar-refractivity contribution in [1.29, 1.82) is 0 Å². The minimum atomic E-state index is -0.757. The van der Waals surface area contributed by atoms with Gasteiger partial charge in [-0.25, -0.2) is 8.78 Å². The highest BCUT2D eigenvalue weighted by Gasteiger charge is 2.15. The third kappa shape index (κ3) is 4.25. The number of carbonyl (C=O) groups is 1. The molecule has 0 unspecified atom stereocenters. The van der Waals surface area contributed by atoms with Gasteiger partial charge in [0.15, 0.2) is 0 Å². The minimum Gasteiger partial charge on any atom is -0.370 e. The van der Waals surface area contributed by atoms with Crippen LogP contribution < -0.4 is 10.2 Å². The van der Waals surface area contributed by atoms with Gasteiger partial charge in [0, 0.05) is 6.07 Å². The summed E-state index contributed by atoms with van der Waals surface area (Å²) < 4.78 is 31.3. The van der Waals surface area contributed by atoms with Crippen LogP contribution in [0.25, 0.3) is 0 Å². The van der Waals surface area contributed by atoms with Gasteiger partial charge in [-0.1, -0.05) is 0 Å². The van der Waals surface area contributed by atoms with E-state index in [0.29, 0.717) is 26.2 Å². The fourth-order valence-electron chi connectivity index (χ4n) is 2.00. The van der Waals surface area contributed by atoms with Crippen molar-refractivity contribution in [2.75, 3.05) is 38.2 Å². The zero-order valence-corrected chi connectivity index (χ0v) is 10.5. The van der Waals surface area contributed by atoms with Gasteiger partial charge in [0.1, 0.15) is 24.7 Å². The zero-order valence-electron chi connectivity index (χ0n) is 10.5. The van der Waals surface area contributed by atoms with Crippen molar-refractivity contribution < 1.29 is 23.2 Å². The molecule has 4 nitrogen and oxygen atoms in total. The quantitative estimate of drug-likeness (QED) is 0.822. The average molecular weight is 271 g/mol. The minimum absolute atomic E-state index is 0.0170. The number of rotatable bonds is 4. The van der Waals surface area contributed by atoms with Gasteiger partial charge in [0.2, 0.25) is 5.91 Å². The van der Waals surface area contributed by atoms with Crippen LogP contribution in [0.3, 0.4) is 0 Å². The molecule has 0 saturated carbocycles. The molecule has 0 atom stereocenters. The molecule has 1 aromatic rings. The van der Waals surface area contributed by atoms with E-state index in [9.17, 15) is 13.6 Å². The Labute approximate surface area is 110 Å². The van der Waals surface area contributed by atoms with Crippen LogP contribution in [-0.4, -0.2) is 38.8 Å². The molecule has 2 rings (SSSR count). The Morgan fingerprint density at radius 3 is 2.74 bits per heavy atom. The van der Waals surface area contributed by atoms with Gasteiger partial charge in [-0.3, -0.25) is 4.79 Å². The normalized spacial score (nSPS) is 16.3. The second kappa shape index (κ2) is 6.58. The first-order valence-corrected chi connectivity index (χ1v) is 6.31. The summed E-state index contributed by atoms with van der Waals surface area (Å²) in [5, 5.41) is 2.45. The van der Waals surface area contributed by atoms with Crippen LogP contribution in [-0.2, 0) is 9.53 Å². The monoisotopic (exact) mass is 271 g/mol. The van der Waals surface area contributed by atoms with E-state index in [1.54, 1.807) is 0 Å². The molecule has 1 aliphatic heterocycles. The molecular formula is C13H17F2N2O2+. The van der Waals surface area contributed by atoms with E-state index in [-0.39, 0.29) is 11.6 Å². The van der Waals surface area contributed by atoms with Crippen molar-refractivity contribution in [1.82, 2.24) is 0 Å². The number of nitrogens with one attached hydrogen (secondary N) is 2. The van der Waals surface area contributed by atoms with Gasteiger partial charge >= 0.3 is 0 Å². The Hall–Kier alpha value is -1.53. The van der Waals surface area contributed by atoms with Gasteiger partial charge < -0.3 is 15.0 Å². The SMILES string of the molecule is O=C(CC[NH+]1CCOCC1)Nc1ccc(F)cc1F. The summed E-state index contributed by atoms with van der Waals surface area (Å²) >= 11 is 0. The summed E-state index contributed by atoms with van der Waals surface area (Å²) in [4.78, 5) is 13.0. The maximum atomic E-state index is 13.3. The molecule has 1 amide bonds. The van der Waals surface area contributed by atoms with Crippen molar-refractivity contribution in [3.8, 4) is 0 Å². The second-order valence-corrected chi connectivity index (χ2v) is 4.53. The molecular weight excluding hydrogens is 254 g/mol. The molecule has 1 aliphatic rings. The fraction of sp³-hybridized carbons (Fsp3) is 0.462. The summed E-state index contributed by atoms with van der Waals surface area (Å²) in [5.74, 6) is -1.68. The topological polar surface area (TPSA) is 42.8 Å². The van der Waals surface area contributed by atoms with Crippen LogP contribution in [0, 0.1) is 11.6 Å². The molecule has 1 aromatic carbocycles. The number of anilines is 1. The number of benzene rings is 1. The number of halogens is 2. The van der Waals surface area contributed by atoms with Crippen molar-refractivity contribution in [2.24, 2.45) is 0 Å². The molecule has 104 valence electrons. The zero-order chi connectivity index (χ0) is 13.7. The number of ether oxygens (including phenoxy) is 1. The van der Waals surface area contributed by atoms with E-state index in [1.165, 1.54) is 11.0 Å². The molecule has 6 heteroatoms. The number of hydrogen-bond acceptors (Lipinski definition) is 2. The van der Waals surface area contributed by atoms with Crippen LogP contribution in [0.5, 0.6) is 0 Å². The van der Waals surface area contributed by atoms with E-state index >= 15 is 0 Å². The van der Waals surface area contributed by atoms with Gasteiger partial charge in [-0.2, -0.15) is 0 Å². The van der Waals surface area contributed by atoms with Crippen LogP contribution in [0.2, 0.25) is 0 Å². The summed E-state index contributed by atoms with van der Waals surface area (Å²) in [6.45, 7) is 3.89. The summed E-state index contributed by atoms with van der Waals surface area (Å²) in [5.41, 5.74) is 0.0170. The molecule has 19 heavy (non-hydrogen) atoms. The standard InChI is InChI=1S/C13H16F2N2O2/c14-10-1-2-12(11(15)9-10)16-13(18)3-4-17-5-7-19-8-6-17/h1-2,9H,3-8H2,(H,16,18)/p+1. The molecule has 1 saturated heterocycles. The van der Waals surface area contributed by atoms with Crippen LogP contribution >= 0.6 is 0 Å². The number of quaternary nitrogens is 1. The highest BCUT2D eigenvalue weighted by atomic mass is 19.1. The largest absolute Gasteiger partial charge is 0.370 e. The Morgan fingerprint density at radius 2 is 2.05 bits per heavy atom. The maximum Gasteiger partial charge on any atom is 0.230 e. The Kier molecular flexibility index (Phi) is 4.81. The van der Waals surface area contributed by atoms with Gasteiger partial charge in [-0.15, -0.1) is 0 Å². The first-order chi connectivity index (χ1) is 9.15. The third-order valence-corrected chi connectivity index (χ3v) is 3.11. The van der Waals surface area contributed by atoms with Gasteiger partial charge in [0.05, 0.1) is 31.9 Å². The summed E-state index contributed by atoms with van der Waals surface area (Å²) in [7, 11) is 0. The predicted octanol–water partition coefficient (Wildman–Crippen LogP) is 0.209. The van der Waals surface area contributed by atoms with Crippen molar-refractivity contribution in [3.05, 3.63) is 29.8 Å². The molecule has 0 radical (unpaired) electrons. The molecule has 0 bridgehead atoms. The summed E-state index contributed by atoms with van der Waals surface area (Å²) in [6.07, 6.45) is 0.312. The Balaban J connectivity index is 1.80. The van der Waals surface area contributed by atoms with Gasteiger partial charge in [0.25, 0.3) is 0 Å². The number of amides is 1. The highest BCUT2D eigenvalue weighted by molar-refractivity contribution is 5.90. The molecule has 0 aliphatic carbocycles. The van der Waals surface area contributed by atoms with E-state index < -0.39 is 11.6 Å². The molecule has 0 spiro atoms. The highest BCUT2D eigenvalue weighted by Crippen LogP contribution is 2.14. The number of carbonyl (C=O) groups excluding carboxylic acids is 1. The third-order valence-electron chi connectivity index (χ3n) is 3.11. The molecule has 1 fully saturated rings. The predicted molar refractivity (Wildman–Crippen MR) is 66.0 cm³/mol. The molecule has 2 N–H and O–H groups in total. The Morgan fingerprint density at radius 1 is 1.32 bits per heavy atom. The van der Waals surface area contributed by atoms with E-state index in [2.05, 4.69) is 5.32 Å². The Bertz CT molecular complexity index is 448. The molecule has 1 heterocycles. The maximum absolute atomic E-state index is 13.3. The second-order valence-electron chi connectivity index (χ2n) is 4.53. The smallest absolute Gasteiger partial charge is 0.230 e. The number of hydrogen-bond donors (Lipinski definition) is 2. The summed E-state index contributed by atoms with van der Waals surface area (Å²) in [6, 6.07) is 3.10. The van der Waals surface area contributed by atoms with E-state index in [1.807, 2.05) is 0 Å². The fourth-order valence-corrected chi connectivity index (χ4v) is 2.00. The average Bonchev–Trinajstić information content (AvgIpc) is 2.41. The lowest BCUT2D eigenvalue weighted by molar-refractivity contribution is -0.907. The lowest BCUT2D eigenvalue weighted by Crippen LogP contribution is -3.14. The first-order valence-electron chi connectivity index (χ1n) is 6.31. The van der Waals surface area contributed by atoms with Gasteiger partial charge in [-0.05, 0) is 12.1 Å². The van der Waals surface area contributed by atoms with Crippen molar-refractivity contribution in [2.45, 2.75) is 6.42 Å². The van der Waals surface area contributed by atoms with Crippen LogP contribution in [0.4, 0.5) is 14.5 Å². The number of morpholine rings is 1. The van der Waals surface area contributed by atoms with Crippen LogP contribution in [0.1, 0.15) is 6.42 Å². The van der Waals surface area contributed by atoms with Crippen molar-refractivity contribution in [3.63, 3.8) is 0 Å². The van der Waals surface area contributed by atoms with Crippen LogP contribution in [0.15, 0.2) is 18.2 Å². The van der Waals surface area contributed by atoms with E-state index in [0.717, 1.165) is 25.2 Å². The lowest BCUT2D eigenvalue weighted by Gasteiger charge is -2.23. The van der Waals surface area contributed by atoms with E-state index in [4.69, 9.17) is 4.74 Å². The van der Waals surface area contributed by atoms with Crippen molar-refractivity contribution >= 4 is 11.6 Å².